The van der Waals surface area contributed by atoms with Crippen LogP contribution in [0.25, 0.3) is 0 Å². The molecule has 1 N–H and O–H groups in total. The molecule has 7 heteroatoms. The molecule has 1 unspecified atom stereocenters. The molecule has 1 amide bonds. The molecule has 100 valence electrons. The van der Waals surface area contributed by atoms with Crippen molar-refractivity contribution in [1.29, 1.82) is 0 Å². The molecular formula is C12H12N2O4S. The van der Waals surface area contributed by atoms with Gasteiger partial charge in [0.2, 0.25) is 5.91 Å². The summed E-state index contributed by atoms with van der Waals surface area (Å²) in [4.78, 5) is 39.3. The molecule has 19 heavy (non-hydrogen) atoms. The third-order valence-corrected chi connectivity index (χ3v) is 3.72. The van der Waals surface area contributed by atoms with Gasteiger partial charge in [0.25, 0.3) is 0 Å². The van der Waals surface area contributed by atoms with Gasteiger partial charge in [-0.3, -0.25) is 14.6 Å². The number of carboxylic acid groups (broad SMARTS) is 1. The van der Waals surface area contributed by atoms with Crippen LogP contribution in [0.15, 0.2) is 18.5 Å². The quantitative estimate of drug-likeness (QED) is 0.894. The molecule has 0 aromatic carbocycles. The second-order valence-electron chi connectivity index (χ2n) is 4.14. The molecule has 1 aromatic heterocycles. The van der Waals surface area contributed by atoms with Crippen molar-refractivity contribution in [2.75, 3.05) is 11.4 Å². The highest BCUT2D eigenvalue weighted by atomic mass is 32.2. The van der Waals surface area contributed by atoms with E-state index >= 15 is 0 Å². The van der Waals surface area contributed by atoms with Gasteiger partial charge < -0.3 is 10.0 Å². The van der Waals surface area contributed by atoms with Gasteiger partial charge in [-0.15, -0.1) is 0 Å². The normalized spacial score (nSPS) is 18.7. The lowest BCUT2D eigenvalue weighted by atomic mass is 10.2. The number of carbonyl (C=O) groups is 3. The minimum Gasteiger partial charge on any atom is -0.478 e. The second-order valence-corrected chi connectivity index (χ2v) is 5.62. The SMILES string of the molecule is CC(=O)SC1CC(=O)N(c2ccncc2C(=O)O)C1. The van der Waals surface area contributed by atoms with Crippen LogP contribution in [0, 0.1) is 0 Å². The Morgan fingerprint density at radius 2 is 2.26 bits per heavy atom. The summed E-state index contributed by atoms with van der Waals surface area (Å²) in [6.45, 7) is 1.79. The van der Waals surface area contributed by atoms with Gasteiger partial charge in [-0.25, -0.2) is 4.79 Å². The summed E-state index contributed by atoms with van der Waals surface area (Å²) in [5.74, 6) is -1.30. The van der Waals surface area contributed by atoms with Crippen LogP contribution >= 0.6 is 11.8 Å². The first-order valence-electron chi connectivity index (χ1n) is 5.64. The number of pyridine rings is 1. The Morgan fingerprint density at radius 1 is 1.53 bits per heavy atom. The van der Waals surface area contributed by atoms with Crippen molar-refractivity contribution in [3.05, 3.63) is 24.0 Å². The summed E-state index contributed by atoms with van der Waals surface area (Å²) in [5, 5.41) is 8.91. The Bertz CT molecular complexity index is 546. The smallest absolute Gasteiger partial charge is 0.339 e. The molecule has 2 heterocycles. The van der Waals surface area contributed by atoms with E-state index in [-0.39, 0.29) is 28.3 Å². The van der Waals surface area contributed by atoms with Crippen molar-refractivity contribution in [2.45, 2.75) is 18.6 Å². The molecular weight excluding hydrogens is 268 g/mol. The molecule has 6 nitrogen and oxygen atoms in total. The predicted octanol–water partition coefficient (Wildman–Crippen LogP) is 1.16. The van der Waals surface area contributed by atoms with Crippen molar-refractivity contribution in [2.24, 2.45) is 0 Å². The molecule has 1 atom stereocenters. The number of anilines is 1. The first kappa shape index (κ1) is 13.5. The fraction of sp³-hybridized carbons (Fsp3) is 0.333. The molecule has 0 aliphatic carbocycles. The highest BCUT2D eigenvalue weighted by Crippen LogP contribution is 2.30. The molecule has 2 rings (SSSR count). The third-order valence-electron chi connectivity index (χ3n) is 2.74. The van der Waals surface area contributed by atoms with Gasteiger partial charge in [0.1, 0.15) is 5.56 Å². The maximum atomic E-state index is 11.9. The summed E-state index contributed by atoms with van der Waals surface area (Å²) in [6.07, 6.45) is 2.91. The Hall–Kier alpha value is -1.89. The van der Waals surface area contributed by atoms with Crippen molar-refractivity contribution in [3.63, 3.8) is 0 Å². The van der Waals surface area contributed by atoms with Crippen molar-refractivity contribution in [3.8, 4) is 0 Å². The van der Waals surface area contributed by atoms with Crippen LogP contribution < -0.4 is 4.90 Å². The number of carboxylic acids is 1. The minimum absolute atomic E-state index is 0.00988. The standard InChI is InChI=1S/C12H12N2O4S/c1-7(15)19-8-4-11(16)14(6-8)10-2-3-13-5-9(10)12(17)18/h2-3,5,8H,4,6H2,1H3,(H,17,18). The summed E-state index contributed by atoms with van der Waals surface area (Å²) < 4.78 is 0. The molecule has 1 fully saturated rings. The highest BCUT2D eigenvalue weighted by molar-refractivity contribution is 8.14. The topological polar surface area (TPSA) is 87.6 Å². The van der Waals surface area contributed by atoms with Crippen LogP contribution in [-0.4, -0.2) is 38.9 Å². The van der Waals surface area contributed by atoms with E-state index in [4.69, 9.17) is 5.11 Å². The number of nitrogens with zero attached hydrogens (tertiary/aromatic N) is 2. The Kier molecular flexibility index (Phi) is 3.84. The first-order chi connectivity index (χ1) is 8.99. The lowest BCUT2D eigenvalue weighted by molar-refractivity contribution is -0.117. The summed E-state index contributed by atoms with van der Waals surface area (Å²) in [5.41, 5.74) is 0.323. The predicted molar refractivity (Wildman–Crippen MR) is 70.2 cm³/mol. The van der Waals surface area contributed by atoms with Crippen LogP contribution in [-0.2, 0) is 9.59 Å². The third kappa shape index (κ3) is 2.93. The first-order valence-corrected chi connectivity index (χ1v) is 6.52. The number of aromatic carboxylic acids is 1. The zero-order valence-corrected chi connectivity index (χ0v) is 11.0. The minimum atomic E-state index is -1.13. The van der Waals surface area contributed by atoms with Gasteiger partial charge in [0.05, 0.1) is 5.69 Å². The van der Waals surface area contributed by atoms with E-state index in [0.717, 1.165) is 11.8 Å². The average Bonchev–Trinajstić information content (AvgIpc) is 2.69. The lowest BCUT2D eigenvalue weighted by Crippen LogP contribution is -2.27. The van der Waals surface area contributed by atoms with Crippen molar-refractivity contribution in [1.82, 2.24) is 4.98 Å². The van der Waals surface area contributed by atoms with E-state index in [0.29, 0.717) is 12.2 Å². The average molecular weight is 280 g/mol. The van der Waals surface area contributed by atoms with Gasteiger partial charge in [0.15, 0.2) is 5.12 Å². The van der Waals surface area contributed by atoms with Crippen molar-refractivity contribution < 1.29 is 19.5 Å². The number of rotatable bonds is 3. The van der Waals surface area contributed by atoms with Crippen molar-refractivity contribution >= 4 is 34.4 Å². The zero-order valence-electron chi connectivity index (χ0n) is 10.2. The number of hydrogen-bond acceptors (Lipinski definition) is 5. The van der Waals surface area contributed by atoms with E-state index in [9.17, 15) is 14.4 Å². The number of hydrogen-bond donors (Lipinski definition) is 1. The number of aromatic nitrogens is 1. The molecule has 1 aromatic rings. The van der Waals surface area contributed by atoms with E-state index < -0.39 is 5.97 Å². The second kappa shape index (κ2) is 5.40. The van der Waals surface area contributed by atoms with Crippen LogP contribution in [0.3, 0.4) is 0 Å². The van der Waals surface area contributed by atoms with Gasteiger partial charge in [-0.05, 0) is 6.07 Å². The fourth-order valence-electron chi connectivity index (χ4n) is 2.01. The van der Waals surface area contributed by atoms with E-state index in [1.807, 2.05) is 0 Å². The highest BCUT2D eigenvalue weighted by Gasteiger charge is 2.33. The largest absolute Gasteiger partial charge is 0.478 e. The van der Waals surface area contributed by atoms with E-state index in [2.05, 4.69) is 4.98 Å². The van der Waals surface area contributed by atoms with Gasteiger partial charge in [-0.1, -0.05) is 11.8 Å². The zero-order chi connectivity index (χ0) is 14.0. The Morgan fingerprint density at radius 3 is 2.89 bits per heavy atom. The molecule has 0 spiro atoms. The molecule has 1 aliphatic heterocycles. The fourth-order valence-corrected chi connectivity index (χ4v) is 2.93. The van der Waals surface area contributed by atoms with Gasteiger partial charge >= 0.3 is 5.97 Å². The summed E-state index contributed by atoms with van der Waals surface area (Å²) in [7, 11) is 0. The molecule has 0 saturated carbocycles. The monoisotopic (exact) mass is 280 g/mol. The lowest BCUT2D eigenvalue weighted by Gasteiger charge is -2.18. The summed E-state index contributed by atoms with van der Waals surface area (Å²) >= 11 is 1.11. The molecule has 0 radical (unpaired) electrons. The number of carbonyl (C=O) groups excluding carboxylic acids is 2. The summed E-state index contributed by atoms with van der Waals surface area (Å²) in [6, 6.07) is 1.50. The Labute approximate surface area is 113 Å². The molecule has 1 aliphatic rings. The number of amides is 1. The van der Waals surface area contributed by atoms with E-state index in [1.54, 1.807) is 0 Å². The van der Waals surface area contributed by atoms with Crippen LogP contribution in [0.1, 0.15) is 23.7 Å². The van der Waals surface area contributed by atoms with Crippen LogP contribution in [0.4, 0.5) is 5.69 Å². The number of thioether (sulfide) groups is 1. The maximum Gasteiger partial charge on any atom is 0.339 e. The Balaban J connectivity index is 2.26. The molecule has 0 bridgehead atoms. The molecule has 1 saturated heterocycles. The van der Waals surface area contributed by atoms with E-state index in [1.165, 1.54) is 30.3 Å². The maximum absolute atomic E-state index is 11.9. The van der Waals surface area contributed by atoms with Gasteiger partial charge in [-0.2, -0.15) is 0 Å². The van der Waals surface area contributed by atoms with Gasteiger partial charge in [0, 0.05) is 37.5 Å². The van der Waals surface area contributed by atoms with Crippen LogP contribution in [0.5, 0.6) is 0 Å². The van der Waals surface area contributed by atoms with Crippen LogP contribution in [0.2, 0.25) is 0 Å².